The van der Waals surface area contributed by atoms with Crippen molar-refractivity contribution >= 4 is 17.5 Å². The van der Waals surface area contributed by atoms with Crippen molar-refractivity contribution in [3.63, 3.8) is 0 Å². The van der Waals surface area contributed by atoms with E-state index in [1.807, 2.05) is 18.3 Å². The van der Waals surface area contributed by atoms with Crippen LogP contribution in [0.1, 0.15) is 12.8 Å². The van der Waals surface area contributed by atoms with Crippen molar-refractivity contribution in [2.24, 2.45) is 11.7 Å². The molecule has 102 valence electrons. The molecule has 0 aromatic carbocycles. The first-order valence-corrected chi connectivity index (χ1v) is 6.39. The number of amides is 2. The Balaban J connectivity index is 1.77. The number of anilines is 1. The molecule has 0 spiro atoms. The lowest BCUT2D eigenvalue weighted by Crippen LogP contribution is -2.42. The predicted octanol–water partition coefficient (Wildman–Crippen LogP) is -0.101. The number of carbonyl (C=O) groups is 2. The molecule has 1 saturated heterocycles. The number of nitrogens with zero attached hydrogens (tertiary/aromatic N) is 2. The Hall–Kier alpha value is -2.11. The highest BCUT2D eigenvalue weighted by atomic mass is 16.2. The minimum atomic E-state index is -0.923. The van der Waals surface area contributed by atoms with E-state index in [4.69, 9.17) is 5.73 Å². The third-order valence-corrected chi connectivity index (χ3v) is 3.40. The molecule has 6 heteroatoms. The number of rotatable bonds is 3. The van der Waals surface area contributed by atoms with Crippen LogP contribution in [0.25, 0.3) is 0 Å². The van der Waals surface area contributed by atoms with Gasteiger partial charge in [-0.05, 0) is 30.9 Å². The van der Waals surface area contributed by atoms with Gasteiger partial charge in [0.1, 0.15) is 0 Å². The number of nitrogens with one attached hydrogen (secondary N) is 1. The zero-order valence-corrected chi connectivity index (χ0v) is 10.7. The van der Waals surface area contributed by atoms with Gasteiger partial charge in [-0.3, -0.25) is 14.6 Å². The number of pyridine rings is 1. The lowest BCUT2D eigenvalue weighted by atomic mass is 9.96. The van der Waals surface area contributed by atoms with Crippen LogP contribution in [-0.2, 0) is 9.59 Å². The van der Waals surface area contributed by atoms with Crippen LogP contribution < -0.4 is 16.0 Å². The van der Waals surface area contributed by atoms with Gasteiger partial charge in [0.25, 0.3) is 0 Å². The van der Waals surface area contributed by atoms with Crippen LogP contribution >= 0.6 is 0 Å². The van der Waals surface area contributed by atoms with Gasteiger partial charge in [0, 0.05) is 25.8 Å². The normalized spacial score (nSPS) is 16.1. The zero-order valence-electron chi connectivity index (χ0n) is 10.7. The van der Waals surface area contributed by atoms with E-state index in [1.54, 1.807) is 6.20 Å². The topological polar surface area (TPSA) is 88.3 Å². The van der Waals surface area contributed by atoms with Crippen molar-refractivity contribution in [2.45, 2.75) is 12.8 Å². The number of aromatic nitrogens is 1. The van der Waals surface area contributed by atoms with Crippen molar-refractivity contribution < 1.29 is 9.59 Å². The zero-order chi connectivity index (χ0) is 13.7. The first-order valence-electron chi connectivity index (χ1n) is 6.39. The molecule has 1 aromatic heterocycles. The van der Waals surface area contributed by atoms with Gasteiger partial charge in [0.05, 0.1) is 11.9 Å². The van der Waals surface area contributed by atoms with E-state index in [0.29, 0.717) is 12.5 Å². The average molecular weight is 262 g/mol. The summed E-state index contributed by atoms with van der Waals surface area (Å²) >= 11 is 0. The lowest BCUT2D eigenvalue weighted by molar-refractivity contribution is -0.137. The quantitative estimate of drug-likeness (QED) is 0.744. The van der Waals surface area contributed by atoms with Crippen LogP contribution in [0.2, 0.25) is 0 Å². The fourth-order valence-electron chi connectivity index (χ4n) is 2.26. The highest BCUT2D eigenvalue weighted by molar-refractivity contribution is 6.34. The molecule has 0 atom stereocenters. The molecule has 1 aliphatic rings. The molecule has 6 nitrogen and oxygen atoms in total. The summed E-state index contributed by atoms with van der Waals surface area (Å²) in [6.07, 6.45) is 5.58. The van der Waals surface area contributed by atoms with Crippen LogP contribution in [0.3, 0.4) is 0 Å². The van der Waals surface area contributed by atoms with E-state index in [2.05, 4.69) is 15.2 Å². The molecule has 2 amide bonds. The second-order valence-electron chi connectivity index (χ2n) is 4.72. The minimum Gasteiger partial charge on any atom is -0.370 e. The van der Waals surface area contributed by atoms with E-state index in [0.717, 1.165) is 31.6 Å². The molecule has 0 unspecified atom stereocenters. The largest absolute Gasteiger partial charge is 0.370 e. The number of nitrogens with two attached hydrogens (primary N) is 1. The van der Waals surface area contributed by atoms with Gasteiger partial charge in [-0.25, -0.2) is 0 Å². The minimum absolute atomic E-state index is 0.399. The summed E-state index contributed by atoms with van der Waals surface area (Å²) < 4.78 is 0. The first kappa shape index (κ1) is 13.3. The van der Waals surface area contributed by atoms with Crippen LogP contribution in [0.15, 0.2) is 24.5 Å². The summed E-state index contributed by atoms with van der Waals surface area (Å²) in [5.74, 6) is -1.22. The third-order valence-electron chi connectivity index (χ3n) is 3.40. The maximum absolute atomic E-state index is 11.1. The second kappa shape index (κ2) is 6.17. The first-order chi connectivity index (χ1) is 9.16. The lowest BCUT2D eigenvalue weighted by Gasteiger charge is -2.33. The molecule has 0 bridgehead atoms. The van der Waals surface area contributed by atoms with Gasteiger partial charge >= 0.3 is 11.8 Å². The summed E-state index contributed by atoms with van der Waals surface area (Å²) in [7, 11) is 0. The smallest absolute Gasteiger partial charge is 0.309 e. The molecule has 1 fully saturated rings. The molecule has 19 heavy (non-hydrogen) atoms. The number of piperidine rings is 1. The maximum Gasteiger partial charge on any atom is 0.309 e. The molecule has 0 radical (unpaired) electrons. The summed E-state index contributed by atoms with van der Waals surface area (Å²) in [5.41, 5.74) is 6.01. The van der Waals surface area contributed by atoms with Gasteiger partial charge < -0.3 is 16.0 Å². The average Bonchev–Trinajstić information content (AvgIpc) is 2.46. The molecule has 2 heterocycles. The fraction of sp³-hybridized carbons (Fsp3) is 0.462. The van der Waals surface area contributed by atoms with Gasteiger partial charge in [-0.2, -0.15) is 0 Å². The van der Waals surface area contributed by atoms with Gasteiger partial charge in [-0.15, -0.1) is 0 Å². The summed E-state index contributed by atoms with van der Waals surface area (Å²) in [5, 5.41) is 2.56. The Labute approximate surface area is 112 Å². The SMILES string of the molecule is NC(=O)C(=O)NCC1CCN(c2cccnc2)CC1. The number of primary amides is 1. The van der Waals surface area contributed by atoms with Crippen LogP contribution in [0, 0.1) is 5.92 Å². The molecule has 0 aliphatic carbocycles. The second-order valence-corrected chi connectivity index (χ2v) is 4.72. The molecular formula is C13H18N4O2. The molecular weight excluding hydrogens is 244 g/mol. The molecule has 1 aliphatic heterocycles. The fourth-order valence-corrected chi connectivity index (χ4v) is 2.26. The molecule has 2 rings (SSSR count). The van der Waals surface area contributed by atoms with Crippen molar-refractivity contribution in [1.82, 2.24) is 10.3 Å². The molecule has 1 aromatic rings. The standard InChI is InChI=1S/C13H18N4O2/c14-12(18)13(19)16-8-10-3-6-17(7-4-10)11-2-1-5-15-9-11/h1-2,5,9-10H,3-4,6-8H2,(H2,14,18)(H,16,19). The Morgan fingerprint density at radius 1 is 1.42 bits per heavy atom. The third kappa shape index (κ3) is 3.67. The van der Waals surface area contributed by atoms with E-state index in [9.17, 15) is 9.59 Å². The number of carbonyl (C=O) groups excluding carboxylic acids is 2. The van der Waals surface area contributed by atoms with Gasteiger partial charge in [0.15, 0.2) is 0 Å². The maximum atomic E-state index is 11.1. The van der Waals surface area contributed by atoms with Crippen molar-refractivity contribution in [1.29, 1.82) is 0 Å². The molecule has 0 saturated carbocycles. The van der Waals surface area contributed by atoms with Crippen molar-refractivity contribution in [3.8, 4) is 0 Å². The van der Waals surface area contributed by atoms with Crippen molar-refractivity contribution in [2.75, 3.05) is 24.5 Å². The van der Waals surface area contributed by atoms with Crippen molar-refractivity contribution in [3.05, 3.63) is 24.5 Å². The summed E-state index contributed by atoms with van der Waals surface area (Å²) in [6.45, 7) is 2.38. The van der Waals surface area contributed by atoms with E-state index in [-0.39, 0.29) is 0 Å². The highest BCUT2D eigenvalue weighted by Crippen LogP contribution is 2.21. The highest BCUT2D eigenvalue weighted by Gasteiger charge is 2.20. The Bertz CT molecular complexity index is 441. The van der Waals surface area contributed by atoms with E-state index < -0.39 is 11.8 Å². The number of hydrogen-bond donors (Lipinski definition) is 2. The van der Waals surface area contributed by atoms with Crippen LogP contribution in [0.4, 0.5) is 5.69 Å². The van der Waals surface area contributed by atoms with E-state index >= 15 is 0 Å². The summed E-state index contributed by atoms with van der Waals surface area (Å²) in [4.78, 5) is 28.1. The monoisotopic (exact) mass is 262 g/mol. The van der Waals surface area contributed by atoms with Crippen LogP contribution in [0.5, 0.6) is 0 Å². The number of hydrogen-bond acceptors (Lipinski definition) is 4. The van der Waals surface area contributed by atoms with Gasteiger partial charge in [0.2, 0.25) is 0 Å². The van der Waals surface area contributed by atoms with E-state index in [1.165, 1.54) is 0 Å². The Kier molecular flexibility index (Phi) is 4.33. The Morgan fingerprint density at radius 3 is 2.74 bits per heavy atom. The molecule has 3 N–H and O–H groups in total. The van der Waals surface area contributed by atoms with Crippen LogP contribution in [-0.4, -0.2) is 36.4 Å². The predicted molar refractivity (Wildman–Crippen MR) is 71.4 cm³/mol. The Morgan fingerprint density at radius 2 is 2.16 bits per heavy atom. The summed E-state index contributed by atoms with van der Waals surface area (Å²) in [6, 6.07) is 3.97. The van der Waals surface area contributed by atoms with Gasteiger partial charge in [-0.1, -0.05) is 0 Å².